The number of sulfonamides is 1. The van der Waals surface area contributed by atoms with Crippen LogP contribution in [0.15, 0.2) is 18.2 Å². The average molecular weight is 337 g/mol. The zero-order valence-corrected chi connectivity index (χ0v) is 14.3. The van der Waals surface area contributed by atoms with E-state index in [0.717, 1.165) is 31.2 Å². The van der Waals surface area contributed by atoms with Crippen molar-refractivity contribution >= 4 is 21.7 Å². The molecule has 0 N–H and O–H groups in total. The zero-order chi connectivity index (χ0) is 16.4. The summed E-state index contributed by atoms with van der Waals surface area (Å²) in [6, 6.07) is 5.16. The van der Waals surface area contributed by atoms with Crippen LogP contribution < -0.4 is 4.31 Å². The van der Waals surface area contributed by atoms with Gasteiger partial charge in [-0.2, -0.15) is 0 Å². The highest BCUT2D eigenvalue weighted by atomic mass is 32.2. The summed E-state index contributed by atoms with van der Waals surface area (Å²) in [4.78, 5) is 12.3. The van der Waals surface area contributed by atoms with Crippen molar-refractivity contribution in [1.29, 1.82) is 0 Å². The SMILES string of the molecule is CS(=O)(=O)N1CCc2cc(C(=O)OC3CCCCCC3)ccc21. The molecular weight excluding hydrogens is 314 g/mol. The second-order valence-corrected chi connectivity index (χ2v) is 8.35. The summed E-state index contributed by atoms with van der Waals surface area (Å²) in [6.45, 7) is 0.440. The lowest BCUT2D eigenvalue weighted by Crippen LogP contribution is -2.27. The van der Waals surface area contributed by atoms with Gasteiger partial charge in [0.25, 0.3) is 0 Å². The molecule has 126 valence electrons. The van der Waals surface area contributed by atoms with E-state index in [1.807, 2.05) is 0 Å². The molecule has 0 spiro atoms. The van der Waals surface area contributed by atoms with Gasteiger partial charge >= 0.3 is 5.97 Å². The molecule has 1 saturated carbocycles. The molecule has 1 aromatic rings. The van der Waals surface area contributed by atoms with Crippen LogP contribution >= 0.6 is 0 Å². The first kappa shape index (κ1) is 16.3. The molecule has 1 aromatic carbocycles. The van der Waals surface area contributed by atoms with E-state index in [2.05, 4.69) is 0 Å². The maximum atomic E-state index is 12.3. The quantitative estimate of drug-likeness (QED) is 0.628. The summed E-state index contributed by atoms with van der Waals surface area (Å²) in [6.07, 6.45) is 8.41. The largest absolute Gasteiger partial charge is 0.459 e. The van der Waals surface area contributed by atoms with Crippen molar-refractivity contribution in [2.45, 2.75) is 51.0 Å². The molecule has 6 heteroatoms. The third-order valence-electron chi connectivity index (χ3n) is 4.64. The number of benzene rings is 1. The van der Waals surface area contributed by atoms with E-state index in [4.69, 9.17) is 4.74 Å². The number of nitrogens with zero attached hydrogens (tertiary/aromatic N) is 1. The minimum Gasteiger partial charge on any atom is -0.459 e. The number of carbonyl (C=O) groups excluding carboxylic acids is 1. The summed E-state index contributed by atoms with van der Waals surface area (Å²) in [5.41, 5.74) is 2.09. The second-order valence-electron chi connectivity index (χ2n) is 6.45. The highest BCUT2D eigenvalue weighted by Gasteiger charge is 2.27. The van der Waals surface area contributed by atoms with Gasteiger partial charge in [-0.25, -0.2) is 13.2 Å². The van der Waals surface area contributed by atoms with E-state index >= 15 is 0 Å². The molecule has 3 rings (SSSR count). The molecule has 0 bridgehead atoms. The first-order valence-corrected chi connectivity index (χ1v) is 10.1. The topological polar surface area (TPSA) is 63.7 Å². The van der Waals surface area contributed by atoms with Crippen molar-refractivity contribution in [3.05, 3.63) is 29.3 Å². The lowest BCUT2D eigenvalue weighted by molar-refractivity contribution is 0.0267. The third-order valence-corrected chi connectivity index (χ3v) is 5.82. The summed E-state index contributed by atoms with van der Waals surface area (Å²) in [5, 5.41) is 0. The summed E-state index contributed by atoms with van der Waals surface area (Å²) in [5.74, 6) is -0.294. The number of fused-ring (bicyclic) bond motifs is 1. The summed E-state index contributed by atoms with van der Waals surface area (Å²) >= 11 is 0. The van der Waals surface area contributed by atoms with E-state index in [9.17, 15) is 13.2 Å². The maximum absolute atomic E-state index is 12.3. The summed E-state index contributed by atoms with van der Waals surface area (Å²) in [7, 11) is -3.26. The fourth-order valence-electron chi connectivity index (χ4n) is 3.42. The predicted molar refractivity (Wildman–Crippen MR) is 89.2 cm³/mol. The Morgan fingerprint density at radius 2 is 1.87 bits per heavy atom. The number of rotatable bonds is 3. The predicted octanol–water partition coefficient (Wildman–Crippen LogP) is 2.89. The van der Waals surface area contributed by atoms with Gasteiger partial charge in [0, 0.05) is 6.54 Å². The van der Waals surface area contributed by atoms with Gasteiger partial charge in [0.05, 0.1) is 17.5 Å². The number of hydrogen-bond donors (Lipinski definition) is 0. The third kappa shape index (κ3) is 3.68. The molecular formula is C17H23NO4S. The molecule has 1 fully saturated rings. The smallest absolute Gasteiger partial charge is 0.338 e. The van der Waals surface area contributed by atoms with Crippen LogP contribution in [0.3, 0.4) is 0 Å². The van der Waals surface area contributed by atoms with Crippen LogP contribution in [0.1, 0.15) is 54.4 Å². The van der Waals surface area contributed by atoms with Crippen LogP contribution in [-0.4, -0.2) is 33.3 Å². The molecule has 5 nitrogen and oxygen atoms in total. The number of ether oxygens (including phenoxy) is 1. The average Bonchev–Trinajstić information content (AvgIpc) is 2.77. The Morgan fingerprint density at radius 1 is 1.17 bits per heavy atom. The lowest BCUT2D eigenvalue weighted by atomic mass is 10.1. The van der Waals surface area contributed by atoms with Crippen LogP contribution in [0.25, 0.3) is 0 Å². The minimum absolute atomic E-state index is 0.0192. The molecule has 0 amide bonds. The standard InChI is InChI=1S/C17H23NO4S/c1-23(20,21)18-11-10-13-12-14(8-9-16(13)18)17(19)22-15-6-4-2-3-5-7-15/h8-9,12,15H,2-7,10-11H2,1H3. The Bertz CT molecular complexity index is 691. The molecule has 1 heterocycles. The van der Waals surface area contributed by atoms with Gasteiger partial charge in [0.1, 0.15) is 6.10 Å². The molecule has 0 saturated heterocycles. The minimum atomic E-state index is -3.26. The van der Waals surface area contributed by atoms with Crippen LogP contribution in [0.2, 0.25) is 0 Å². The van der Waals surface area contributed by atoms with Crippen molar-refractivity contribution in [1.82, 2.24) is 0 Å². The normalized spacial score (nSPS) is 19.3. The van der Waals surface area contributed by atoms with E-state index < -0.39 is 10.0 Å². The van der Waals surface area contributed by atoms with Crippen LogP contribution in [0, 0.1) is 0 Å². The van der Waals surface area contributed by atoms with E-state index in [1.165, 1.54) is 23.4 Å². The first-order chi connectivity index (χ1) is 10.9. The van der Waals surface area contributed by atoms with Crippen molar-refractivity contribution in [3.8, 4) is 0 Å². The summed E-state index contributed by atoms with van der Waals surface area (Å²) < 4.78 is 30.5. The van der Waals surface area contributed by atoms with Gasteiger partial charge in [-0.15, -0.1) is 0 Å². The molecule has 0 radical (unpaired) electrons. The first-order valence-electron chi connectivity index (χ1n) is 8.27. The molecule has 2 aliphatic rings. The maximum Gasteiger partial charge on any atom is 0.338 e. The number of anilines is 1. The molecule has 23 heavy (non-hydrogen) atoms. The molecule has 0 aromatic heterocycles. The number of esters is 1. The van der Waals surface area contributed by atoms with Gasteiger partial charge in [-0.05, 0) is 55.9 Å². The van der Waals surface area contributed by atoms with Gasteiger partial charge in [0.2, 0.25) is 10.0 Å². The van der Waals surface area contributed by atoms with Crippen molar-refractivity contribution in [3.63, 3.8) is 0 Å². The Morgan fingerprint density at radius 3 is 2.52 bits per heavy atom. The van der Waals surface area contributed by atoms with Crippen LogP contribution in [-0.2, 0) is 21.2 Å². The van der Waals surface area contributed by atoms with Gasteiger partial charge in [-0.1, -0.05) is 12.8 Å². The molecule has 0 atom stereocenters. The van der Waals surface area contributed by atoms with Gasteiger partial charge < -0.3 is 4.74 Å². The van der Waals surface area contributed by atoms with Crippen LogP contribution in [0.4, 0.5) is 5.69 Å². The Labute approximate surface area is 137 Å². The van der Waals surface area contributed by atoms with Crippen molar-refractivity contribution < 1.29 is 17.9 Å². The monoisotopic (exact) mass is 337 g/mol. The fourth-order valence-corrected chi connectivity index (χ4v) is 4.38. The van der Waals surface area contributed by atoms with E-state index in [0.29, 0.717) is 24.2 Å². The number of hydrogen-bond acceptors (Lipinski definition) is 4. The van der Waals surface area contributed by atoms with Gasteiger partial charge in [-0.3, -0.25) is 4.31 Å². The molecule has 0 unspecified atom stereocenters. The fraction of sp³-hybridized carbons (Fsp3) is 0.588. The number of carbonyl (C=O) groups is 1. The van der Waals surface area contributed by atoms with Crippen molar-refractivity contribution in [2.24, 2.45) is 0 Å². The van der Waals surface area contributed by atoms with Crippen LogP contribution in [0.5, 0.6) is 0 Å². The second kappa shape index (κ2) is 6.51. The van der Waals surface area contributed by atoms with E-state index in [1.54, 1.807) is 18.2 Å². The van der Waals surface area contributed by atoms with Crippen molar-refractivity contribution in [2.75, 3.05) is 17.1 Å². The zero-order valence-electron chi connectivity index (χ0n) is 13.5. The molecule has 1 aliphatic carbocycles. The lowest BCUT2D eigenvalue weighted by Gasteiger charge is -2.17. The highest BCUT2D eigenvalue weighted by molar-refractivity contribution is 7.92. The molecule has 1 aliphatic heterocycles. The van der Waals surface area contributed by atoms with E-state index in [-0.39, 0.29) is 12.1 Å². The van der Waals surface area contributed by atoms with Gasteiger partial charge in [0.15, 0.2) is 0 Å². The Kier molecular flexibility index (Phi) is 4.62. The Balaban J connectivity index is 1.73. The Hall–Kier alpha value is -1.56. The highest BCUT2D eigenvalue weighted by Crippen LogP contribution is 2.31.